The Hall–Kier alpha value is -2.11. The quantitative estimate of drug-likeness (QED) is 0.690. The van der Waals surface area contributed by atoms with Crippen molar-refractivity contribution in [3.05, 3.63) is 22.5 Å². The van der Waals surface area contributed by atoms with E-state index in [0.29, 0.717) is 23.2 Å². The average molecular weight is 280 g/mol. The maximum Gasteiger partial charge on any atom is 0.325 e. The van der Waals surface area contributed by atoms with Gasteiger partial charge in [-0.2, -0.15) is 0 Å². The number of carboxylic acids is 1. The molecule has 0 unspecified atom stereocenters. The first kappa shape index (κ1) is 15.9. The third kappa shape index (κ3) is 3.26. The number of rotatable bonds is 6. The predicted octanol–water partition coefficient (Wildman–Crippen LogP) is 1.68. The van der Waals surface area contributed by atoms with Crippen LogP contribution in [0.3, 0.4) is 0 Å². The van der Waals surface area contributed by atoms with Gasteiger partial charge >= 0.3 is 5.97 Å². The van der Waals surface area contributed by atoms with Gasteiger partial charge in [0.2, 0.25) is 0 Å². The summed E-state index contributed by atoms with van der Waals surface area (Å²) < 4.78 is 0. The summed E-state index contributed by atoms with van der Waals surface area (Å²) in [5.74, 6) is -1.71. The standard InChI is InChI=1S/C14H20N2O4/c1-5-6-10-11(9(4)17)7(2)15-12(10)13(18)16-8(3)14(19)20/h8,15H,5-6H2,1-4H3,(H,16,18)(H,19,20)/t8-/m1/s1. The number of carbonyl (C=O) groups is 3. The van der Waals surface area contributed by atoms with Crippen LogP contribution in [0.2, 0.25) is 0 Å². The highest BCUT2D eigenvalue weighted by molar-refractivity contribution is 6.03. The number of ketones is 1. The Bertz CT molecular complexity index is 546. The van der Waals surface area contributed by atoms with E-state index in [1.807, 2.05) is 6.92 Å². The van der Waals surface area contributed by atoms with Crippen molar-refractivity contribution < 1.29 is 19.5 Å². The van der Waals surface area contributed by atoms with Gasteiger partial charge in [0.1, 0.15) is 11.7 Å². The van der Waals surface area contributed by atoms with Gasteiger partial charge in [-0.1, -0.05) is 13.3 Å². The highest BCUT2D eigenvalue weighted by atomic mass is 16.4. The average Bonchev–Trinajstić information content (AvgIpc) is 2.66. The van der Waals surface area contributed by atoms with Crippen LogP contribution < -0.4 is 5.32 Å². The molecule has 0 radical (unpaired) electrons. The molecular formula is C14H20N2O4. The maximum atomic E-state index is 12.1. The van der Waals surface area contributed by atoms with Crippen molar-refractivity contribution in [3.63, 3.8) is 0 Å². The van der Waals surface area contributed by atoms with Crippen LogP contribution in [0, 0.1) is 6.92 Å². The van der Waals surface area contributed by atoms with Crippen molar-refractivity contribution >= 4 is 17.7 Å². The fraction of sp³-hybridized carbons (Fsp3) is 0.500. The third-order valence-electron chi connectivity index (χ3n) is 3.09. The van der Waals surface area contributed by atoms with Crippen molar-refractivity contribution in [1.29, 1.82) is 0 Å². The lowest BCUT2D eigenvalue weighted by Crippen LogP contribution is -2.38. The van der Waals surface area contributed by atoms with E-state index in [1.54, 1.807) is 6.92 Å². The minimum atomic E-state index is -1.11. The van der Waals surface area contributed by atoms with E-state index >= 15 is 0 Å². The number of aromatic amines is 1. The van der Waals surface area contributed by atoms with Crippen molar-refractivity contribution in [2.24, 2.45) is 0 Å². The molecule has 1 aromatic rings. The van der Waals surface area contributed by atoms with Crippen LogP contribution in [0.1, 0.15) is 59.3 Å². The van der Waals surface area contributed by atoms with Crippen LogP contribution >= 0.6 is 0 Å². The molecule has 110 valence electrons. The lowest BCUT2D eigenvalue weighted by Gasteiger charge is -2.10. The zero-order valence-electron chi connectivity index (χ0n) is 12.2. The van der Waals surface area contributed by atoms with Gasteiger partial charge in [0.15, 0.2) is 5.78 Å². The SMILES string of the molecule is CCCc1c(C(=O)N[C@H](C)C(=O)O)[nH]c(C)c1C(C)=O. The fourth-order valence-corrected chi connectivity index (χ4v) is 2.18. The number of aliphatic carboxylic acids is 1. The van der Waals surface area contributed by atoms with Crippen molar-refractivity contribution in [2.75, 3.05) is 0 Å². The van der Waals surface area contributed by atoms with Gasteiger partial charge < -0.3 is 15.4 Å². The third-order valence-corrected chi connectivity index (χ3v) is 3.09. The number of amides is 1. The second-order valence-corrected chi connectivity index (χ2v) is 4.82. The number of Topliss-reactive ketones (excluding diaryl/α,β-unsaturated/α-hetero) is 1. The summed E-state index contributed by atoms with van der Waals surface area (Å²) in [6, 6.07) is -0.985. The second-order valence-electron chi connectivity index (χ2n) is 4.82. The molecule has 3 N–H and O–H groups in total. The Morgan fingerprint density at radius 1 is 1.35 bits per heavy atom. The van der Waals surface area contributed by atoms with Crippen molar-refractivity contribution in [2.45, 2.75) is 46.6 Å². The molecule has 0 fully saturated rings. The van der Waals surface area contributed by atoms with Gasteiger partial charge in [-0.25, -0.2) is 0 Å². The number of carboxylic acid groups (broad SMARTS) is 1. The van der Waals surface area contributed by atoms with Crippen LogP contribution in [-0.4, -0.2) is 33.8 Å². The molecule has 0 bridgehead atoms. The fourth-order valence-electron chi connectivity index (χ4n) is 2.18. The molecule has 0 saturated heterocycles. The summed E-state index contributed by atoms with van der Waals surface area (Å²) in [5.41, 5.74) is 2.10. The largest absolute Gasteiger partial charge is 0.480 e. The van der Waals surface area contributed by atoms with E-state index < -0.39 is 17.9 Å². The van der Waals surface area contributed by atoms with Gasteiger partial charge in [0.25, 0.3) is 5.91 Å². The first-order valence-electron chi connectivity index (χ1n) is 6.55. The van der Waals surface area contributed by atoms with Gasteiger partial charge in [-0.15, -0.1) is 0 Å². The van der Waals surface area contributed by atoms with E-state index in [1.165, 1.54) is 13.8 Å². The predicted molar refractivity (Wildman–Crippen MR) is 74.1 cm³/mol. The molecule has 0 spiro atoms. The van der Waals surface area contributed by atoms with Crippen LogP contribution in [0.25, 0.3) is 0 Å². The van der Waals surface area contributed by atoms with Crippen LogP contribution in [0.5, 0.6) is 0 Å². The molecule has 6 nitrogen and oxygen atoms in total. The molecule has 1 atom stereocenters. The molecule has 0 aromatic carbocycles. The van der Waals surface area contributed by atoms with Crippen molar-refractivity contribution in [1.82, 2.24) is 10.3 Å². The van der Waals surface area contributed by atoms with Gasteiger partial charge in [0.05, 0.1) is 0 Å². The molecule has 0 aliphatic rings. The Labute approximate surface area is 117 Å². The molecule has 1 heterocycles. The highest BCUT2D eigenvalue weighted by Crippen LogP contribution is 2.21. The molecule has 1 amide bonds. The second kappa shape index (κ2) is 6.36. The van der Waals surface area contributed by atoms with E-state index in [9.17, 15) is 14.4 Å². The van der Waals surface area contributed by atoms with E-state index in [0.717, 1.165) is 6.42 Å². The molecule has 0 aliphatic carbocycles. The molecular weight excluding hydrogens is 260 g/mol. The number of H-pyrrole nitrogens is 1. The topological polar surface area (TPSA) is 99.3 Å². The van der Waals surface area contributed by atoms with E-state index in [4.69, 9.17) is 5.11 Å². The van der Waals surface area contributed by atoms with Gasteiger partial charge in [-0.3, -0.25) is 14.4 Å². The summed E-state index contributed by atoms with van der Waals surface area (Å²) >= 11 is 0. The molecule has 20 heavy (non-hydrogen) atoms. The summed E-state index contributed by atoms with van der Waals surface area (Å²) in [5, 5.41) is 11.2. The van der Waals surface area contributed by atoms with Crippen LogP contribution in [0.15, 0.2) is 0 Å². The van der Waals surface area contributed by atoms with E-state index in [-0.39, 0.29) is 11.5 Å². The normalized spacial score (nSPS) is 12.0. The molecule has 0 aliphatic heterocycles. The molecule has 0 saturated carbocycles. The summed E-state index contributed by atoms with van der Waals surface area (Å²) in [7, 11) is 0. The number of carbonyl (C=O) groups excluding carboxylic acids is 2. The smallest absolute Gasteiger partial charge is 0.325 e. The molecule has 1 rings (SSSR count). The summed E-state index contributed by atoms with van der Waals surface area (Å²) in [6.07, 6.45) is 1.37. The number of hydrogen-bond donors (Lipinski definition) is 3. The Balaban J connectivity index is 3.17. The first-order valence-corrected chi connectivity index (χ1v) is 6.55. The van der Waals surface area contributed by atoms with Gasteiger partial charge in [-0.05, 0) is 32.8 Å². The Morgan fingerprint density at radius 3 is 2.40 bits per heavy atom. The molecule has 1 aromatic heterocycles. The monoisotopic (exact) mass is 280 g/mol. The Kier molecular flexibility index (Phi) is 5.07. The Morgan fingerprint density at radius 2 is 1.95 bits per heavy atom. The van der Waals surface area contributed by atoms with E-state index in [2.05, 4.69) is 10.3 Å². The minimum absolute atomic E-state index is 0.104. The zero-order valence-corrected chi connectivity index (χ0v) is 12.2. The highest BCUT2D eigenvalue weighted by Gasteiger charge is 2.24. The molecule has 6 heteroatoms. The maximum absolute atomic E-state index is 12.1. The number of aromatic nitrogens is 1. The van der Waals surface area contributed by atoms with Gasteiger partial charge in [0, 0.05) is 11.3 Å². The lowest BCUT2D eigenvalue weighted by molar-refractivity contribution is -0.138. The number of aryl methyl sites for hydroxylation is 1. The van der Waals surface area contributed by atoms with Crippen LogP contribution in [-0.2, 0) is 11.2 Å². The van der Waals surface area contributed by atoms with Crippen molar-refractivity contribution in [3.8, 4) is 0 Å². The summed E-state index contributed by atoms with van der Waals surface area (Å²) in [4.78, 5) is 37.5. The lowest BCUT2D eigenvalue weighted by atomic mass is 10.0. The number of nitrogens with one attached hydrogen (secondary N) is 2. The number of hydrogen-bond acceptors (Lipinski definition) is 3. The van der Waals surface area contributed by atoms with Crippen LogP contribution in [0.4, 0.5) is 0 Å². The zero-order chi connectivity index (χ0) is 15.4. The minimum Gasteiger partial charge on any atom is -0.480 e. The summed E-state index contributed by atoms with van der Waals surface area (Å²) in [6.45, 7) is 6.53. The first-order chi connectivity index (χ1) is 9.29.